The number of benzene rings is 1. The highest BCUT2D eigenvalue weighted by Crippen LogP contribution is 2.09. The molecule has 0 saturated carbocycles. The second-order valence-corrected chi connectivity index (χ2v) is 8.42. The number of carbonyl (C=O) groups excluding carboxylic acids is 2. The lowest BCUT2D eigenvalue weighted by atomic mass is 10.1. The van der Waals surface area contributed by atoms with E-state index in [4.69, 9.17) is 16.3 Å². The molecule has 1 aromatic carbocycles. The minimum Gasteiger partial charge on any atom is -0.456 e. The van der Waals surface area contributed by atoms with Gasteiger partial charge in [-0.3, -0.25) is 9.59 Å². The number of carbonyl (C=O) groups is 2. The number of aryl methyl sites for hydroxylation is 2. The summed E-state index contributed by atoms with van der Waals surface area (Å²) in [5.41, 5.74) is 1.02. The molecule has 2 rings (SSSR count). The van der Waals surface area contributed by atoms with E-state index in [-0.39, 0.29) is 18.0 Å². The van der Waals surface area contributed by atoms with Crippen LogP contribution in [0.5, 0.6) is 0 Å². The molecule has 0 saturated heterocycles. The highest BCUT2D eigenvalue weighted by atomic mass is 35.5. The van der Waals surface area contributed by atoms with Crippen molar-refractivity contribution in [2.45, 2.75) is 24.8 Å². The number of hydrogen-bond acceptors (Lipinski definition) is 6. The summed E-state index contributed by atoms with van der Waals surface area (Å²) in [6, 6.07) is 7.26. The van der Waals surface area contributed by atoms with E-state index in [0.717, 1.165) is 5.56 Å². The summed E-state index contributed by atoms with van der Waals surface area (Å²) < 4.78 is 32.9. The number of imidazole rings is 1. The molecule has 2 aromatic rings. The van der Waals surface area contributed by atoms with Crippen molar-refractivity contribution in [2.75, 3.05) is 19.7 Å². The van der Waals surface area contributed by atoms with Crippen LogP contribution in [0.25, 0.3) is 0 Å². The summed E-state index contributed by atoms with van der Waals surface area (Å²) in [5.74, 6) is -0.568. The maximum atomic E-state index is 12.1. The Bertz CT molecular complexity index is 938. The molecule has 29 heavy (non-hydrogen) atoms. The highest BCUT2D eigenvalue weighted by Gasteiger charge is 2.18. The molecule has 158 valence electrons. The molecule has 0 atom stereocenters. The molecular formula is C18H23ClN4O5S. The molecular weight excluding hydrogens is 420 g/mol. The minimum absolute atomic E-state index is 0.120. The predicted molar refractivity (Wildman–Crippen MR) is 107 cm³/mol. The van der Waals surface area contributed by atoms with Crippen molar-refractivity contribution < 1.29 is 22.7 Å². The van der Waals surface area contributed by atoms with Crippen LogP contribution in [0.2, 0.25) is 5.02 Å². The van der Waals surface area contributed by atoms with Crippen molar-refractivity contribution in [3.63, 3.8) is 0 Å². The lowest BCUT2D eigenvalue weighted by Gasteiger charge is -2.07. The highest BCUT2D eigenvalue weighted by molar-refractivity contribution is 7.89. The third-order valence-corrected chi connectivity index (χ3v) is 5.58. The smallest absolute Gasteiger partial charge is 0.307 e. The minimum atomic E-state index is -3.81. The van der Waals surface area contributed by atoms with E-state index < -0.39 is 28.5 Å². The standard InChI is InChI=1S/C18H23ClN4O5S/c1-13-22-17(11-23(13)2)29(26,27)21-10-8-18(25)28-12-16(24)20-9-7-14-3-5-15(19)6-4-14/h3-6,11,21H,7-10,12H2,1-2H3,(H,20,24). The van der Waals surface area contributed by atoms with Crippen LogP contribution in [0.15, 0.2) is 35.5 Å². The molecule has 11 heteroatoms. The molecule has 0 unspecified atom stereocenters. The molecule has 2 N–H and O–H groups in total. The molecule has 0 spiro atoms. The average Bonchev–Trinajstić information content (AvgIpc) is 3.01. The quantitative estimate of drug-likeness (QED) is 0.529. The molecule has 9 nitrogen and oxygen atoms in total. The lowest BCUT2D eigenvalue weighted by Crippen LogP contribution is -2.31. The van der Waals surface area contributed by atoms with Crippen LogP contribution in [0.3, 0.4) is 0 Å². The van der Waals surface area contributed by atoms with Crippen LogP contribution in [-0.4, -0.2) is 49.5 Å². The lowest BCUT2D eigenvalue weighted by molar-refractivity contribution is -0.148. The van der Waals surface area contributed by atoms with Crippen LogP contribution >= 0.6 is 11.6 Å². The van der Waals surface area contributed by atoms with E-state index in [9.17, 15) is 18.0 Å². The van der Waals surface area contributed by atoms with E-state index in [2.05, 4.69) is 15.0 Å². The summed E-state index contributed by atoms with van der Waals surface area (Å²) in [5, 5.41) is 3.16. The monoisotopic (exact) mass is 442 g/mol. The number of rotatable bonds is 10. The van der Waals surface area contributed by atoms with Crippen LogP contribution in [-0.2, 0) is 37.8 Å². The van der Waals surface area contributed by atoms with E-state index >= 15 is 0 Å². The van der Waals surface area contributed by atoms with Crippen molar-refractivity contribution in [1.29, 1.82) is 0 Å². The molecule has 0 aliphatic heterocycles. The molecule has 1 amide bonds. The van der Waals surface area contributed by atoms with E-state index in [0.29, 0.717) is 23.8 Å². The first kappa shape index (κ1) is 22.9. The number of sulfonamides is 1. The average molecular weight is 443 g/mol. The number of nitrogens with zero attached hydrogens (tertiary/aromatic N) is 2. The third kappa shape index (κ3) is 7.48. The Labute approximate surface area is 174 Å². The maximum Gasteiger partial charge on any atom is 0.307 e. The summed E-state index contributed by atoms with van der Waals surface area (Å²) >= 11 is 5.81. The first-order valence-electron chi connectivity index (χ1n) is 8.84. The van der Waals surface area contributed by atoms with Gasteiger partial charge in [0.1, 0.15) is 5.82 Å². The Hall–Kier alpha value is -2.43. The van der Waals surface area contributed by atoms with Gasteiger partial charge in [-0.2, -0.15) is 0 Å². The first-order valence-corrected chi connectivity index (χ1v) is 10.7. The van der Waals surface area contributed by atoms with Crippen LogP contribution in [0, 0.1) is 6.92 Å². The molecule has 1 heterocycles. The Morgan fingerprint density at radius 1 is 1.21 bits per heavy atom. The summed E-state index contributed by atoms with van der Waals surface area (Å²) in [6.07, 6.45) is 1.79. The van der Waals surface area contributed by atoms with Crippen molar-refractivity contribution in [3.8, 4) is 0 Å². The fourth-order valence-electron chi connectivity index (χ4n) is 2.28. The van der Waals surface area contributed by atoms with Gasteiger partial charge in [-0.05, 0) is 31.0 Å². The van der Waals surface area contributed by atoms with Gasteiger partial charge in [0.05, 0.1) is 6.42 Å². The van der Waals surface area contributed by atoms with E-state index in [1.54, 1.807) is 30.7 Å². The summed E-state index contributed by atoms with van der Waals surface area (Å²) in [6.45, 7) is 1.48. The normalized spacial score (nSPS) is 11.3. The summed E-state index contributed by atoms with van der Waals surface area (Å²) in [7, 11) is -2.13. The number of halogens is 1. The van der Waals surface area contributed by atoms with Gasteiger partial charge in [0.2, 0.25) is 0 Å². The fraction of sp³-hybridized carbons (Fsp3) is 0.389. The second kappa shape index (κ2) is 10.4. The van der Waals surface area contributed by atoms with Gasteiger partial charge in [-0.15, -0.1) is 0 Å². The van der Waals surface area contributed by atoms with Crippen molar-refractivity contribution >= 4 is 33.5 Å². The van der Waals surface area contributed by atoms with Gasteiger partial charge in [0.15, 0.2) is 11.6 Å². The zero-order chi connectivity index (χ0) is 21.4. The largest absolute Gasteiger partial charge is 0.456 e. The van der Waals surface area contributed by atoms with Gasteiger partial charge in [0.25, 0.3) is 15.9 Å². The van der Waals surface area contributed by atoms with Gasteiger partial charge < -0.3 is 14.6 Å². The zero-order valence-electron chi connectivity index (χ0n) is 16.1. The molecule has 1 aromatic heterocycles. The molecule has 0 radical (unpaired) electrons. The molecule has 0 fully saturated rings. The predicted octanol–water partition coefficient (Wildman–Crippen LogP) is 0.952. The van der Waals surface area contributed by atoms with Crippen molar-refractivity contribution in [3.05, 3.63) is 46.9 Å². The van der Waals surface area contributed by atoms with E-state index in [1.807, 2.05) is 12.1 Å². The van der Waals surface area contributed by atoms with Crippen molar-refractivity contribution in [1.82, 2.24) is 19.6 Å². The SMILES string of the molecule is Cc1nc(S(=O)(=O)NCCC(=O)OCC(=O)NCCc2ccc(Cl)cc2)cn1C. The number of esters is 1. The number of aromatic nitrogens is 2. The van der Waals surface area contributed by atoms with Gasteiger partial charge >= 0.3 is 5.97 Å². The Balaban J connectivity index is 1.63. The zero-order valence-corrected chi connectivity index (χ0v) is 17.7. The van der Waals surface area contributed by atoms with Gasteiger partial charge in [-0.25, -0.2) is 18.1 Å². The van der Waals surface area contributed by atoms with Crippen LogP contribution < -0.4 is 10.0 Å². The molecule has 0 aliphatic rings. The van der Waals surface area contributed by atoms with Gasteiger partial charge in [-0.1, -0.05) is 23.7 Å². The maximum absolute atomic E-state index is 12.1. The topological polar surface area (TPSA) is 119 Å². The molecule has 0 bridgehead atoms. The second-order valence-electron chi connectivity index (χ2n) is 6.27. The Morgan fingerprint density at radius 3 is 2.52 bits per heavy atom. The number of nitrogens with one attached hydrogen (secondary N) is 2. The fourth-order valence-corrected chi connectivity index (χ4v) is 3.48. The van der Waals surface area contributed by atoms with Crippen LogP contribution in [0.4, 0.5) is 0 Å². The number of hydrogen-bond donors (Lipinski definition) is 2. The molecule has 0 aliphatic carbocycles. The Kier molecular flexibility index (Phi) is 8.18. The first-order chi connectivity index (χ1) is 13.7. The van der Waals surface area contributed by atoms with Gasteiger partial charge in [0, 0.05) is 31.4 Å². The van der Waals surface area contributed by atoms with Crippen LogP contribution in [0.1, 0.15) is 17.8 Å². The van der Waals surface area contributed by atoms with Crippen molar-refractivity contribution in [2.24, 2.45) is 7.05 Å². The summed E-state index contributed by atoms with van der Waals surface area (Å²) in [4.78, 5) is 27.3. The third-order valence-electron chi connectivity index (χ3n) is 4.00. The van der Waals surface area contributed by atoms with E-state index in [1.165, 1.54) is 6.20 Å². The number of ether oxygens (including phenoxy) is 1. The Morgan fingerprint density at radius 2 is 1.90 bits per heavy atom. The number of amides is 1.